The Morgan fingerprint density at radius 3 is 2.85 bits per heavy atom. The second kappa shape index (κ2) is 3.66. The van der Waals surface area contributed by atoms with Crippen LogP contribution in [0, 0.1) is 0 Å². The molecule has 0 aromatic heterocycles. The van der Waals surface area contributed by atoms with Crippen LogP contribution in [0.25, 0.3) is 22.2 Å². The van der Waals surface area contributed by atoms with Crippen molar-refractivity contribution in [3.63, 3.8) is 0 Å². The van der Waals surface area contributed by atoms with Crippen LogP contribution in [-0.4, -0.2) is 39.9 Å². The van der Waals surface area contributed by atoms with Gasteiger partial charge in [0.25, 0.3) is 11.8 Å². The Morgan fingerprint density at radius 1 is 1.20 bits per heavy atom. The second-order valence-corrected chi connectivity index (χ2v) is 5.01. The average Bonchev–Trinajstić information content (AvgIpc) is 2.81. The van der Waals surface area contributed by atoms with E-state index in [0.29, 0.717) is 5.69 Å². The fraction of sp³-hybridized carbons (Fsp3) is 0.133. The van der Waals surface area contributed by atoms with Crippen LogP contribution in [-0.2, 0) is 0 Å². The molecule has 0 saturated heterocycles. The van der Waals surface area contributed by atoms with Crippen LogP contribution >= 0.6 is 0 Å². The molecule has 0 bridgehead atoms. The number of nitrogens with zero attached hydrogens (tertiary/aromatic N) is 3. The molecule has 20 heavy (non-hydrogen) atoms. The smallest absolute Gasteiger partial charge is 0.271 e. The van der Waals surface area contributed by atoms with Crippen molar-refractivity contribution in [2.45, 2.75) is 0 Å². The van der Waals surface area contributed by atoms with E-state index in [2.05, 4.69) is 4.98 Å². The zero-order valence-electron chi connectivity index (χ0n) is 10.8. The van der Waals surface area contributed by atoms with Gasteiger partial charge in [-0.3, -0.25) is 14.2 Å². The van der Waals surface area contributed by atoms with E-state index in [1.54, 1.807) is 19.3 Å². The summed E-state index contributed by atoms with van der Waals surface area (Å²) in [4.78, 5) is 30.2. The van der Waals surface area contributed by atoms with E-state index in [0.717, 1.165) is 22.2 Å². The Balaban J connectivity index is 2.10. The number of hydrogen-bond donors (Lipinski definition) is 0. The van der Waals surface area contributed by atoms with Gasteiger partial charge in [-0.1, -0.05) is 18.2 Å². The van der Waals surface area contributed by atoms with Crippen molar-refractivity contribution < 1.29 is 9.59 Å². The molecule has 0 saturated carbocycles. The lowest BCUT2D eigenvalue weighted by Crippen LogP contribution is -2.42. The molecule has 5 heteroatoms. The fourth-order valence-electron chi connectivity index (χ4n) is 2.69. The average molecular weight is 265 g/mol. The lowest BCUT2D eigenvalue weighted by Gasteiger charge is -2.25. The third-order valence-electron chi connectivity index (χ3n) is 3.71. The largest absolute Gasteiger partial charge is 0.331 e. The number of carbonyl (C=O) groups excluding carboxylic acids is 2. The molecular weight excluding hydrogens is 254 g/mol. The first-order valence-electron chi connectivity index (χ1n) is 6.34. The van der Waals surface area contributed by atoms with Crippen LogP contribution in [0.15, 0.2) is 36.5 Å². The number of likely N-dealkylation sites (N-methyl/N-ethyl adjacent to an activating group) is 1. The molecule has 0 spiro atoms. The van der Waals surface area contributed by atoms with Crippen LogP contribution < -0.4 is 0 Å². The predicted molar refractivity (Wildman–Crippen MR) is 73.9 cm³/mol. The topological polar surface area (TPSA) is 55.2 Å². The predicted octanol–water partition coefficient (Wildman–Crippen LogP) is 1.87. The Labute approximate surface area is 114 Å². The Kier molecular flexibility index (Phi) is 2.04. The highest BCUT2D eigenvalue weighted by Crippen LogP contribution is 2.32. The monoisotopic (exact) mass is 265 g/mol. The second-order valence-electron chi connectivity index (χ2n) is 5.01. The van der Waals surface area contributed by atoms with Gasteiger partial charge >= 0.3 is 0 Å². The van der Waals surface area contributed by atoms with Gasteiger partial charge < -0.3 is 4.90 Å². The molecule has 4 rings (SSSR count). The molecule has 0 radical (unpaired) electrons. The van der Waals surface area contributed by atoms with Gasteiger partial charge in [-0.15, -0.1) is 0 Å². The van der Waals surface area contributed by atoms with Gasteiger partial charge in [0.2, 0.25) is 0 Å². The van der Waals surface area contributed by atoms with Gasteiger partial charge in [0.15, 0.2) is 0 Å². The number of hydrogen-bond acceptors (Lipinski definition) is 3. The van der Waals surface area contributed by atoms with Crippen LogP contribution in [0.3, 0.4) is 0 Å². The van der Waals surface area contributed by atoms with Crippen LogP contribution in [0.1, 0.15) is 15.3 Å². The van der Waals surface area contributed by atoms with Crippen molar-refractivity contribution in [2.75, 3.05) is 13.6 Å². The van der Waals surface area contributed by atoms with Gasteiger partial charge in [0.05, 0.1) is 11.2 Å². The number of amides is 1. The van der Waals surface area contributed by atoms with Crippen molar-refractivity contribution in [1.29, 1.82) is 0 Å². The molecule has 98 valence electrons. The summed E-state index contributed by atoms with van der Waals surface area (Å²) in [5, 5.41) is 0.999. The van der Waals surface area contributed by atoms with Crippen molar-refractivity contribution in [2.24, 2.45) is 0 Å². The van der Waals surface area contributed by atoms with Crippen molar-refractivity contribution in [3.05, 3.63) is 42.2 Å². The molecule has 0 fully saturated rings. The summed E-state index contributed by atoms with van der Waals surface area (Å²) in [5.41, 5.74) is 2.91. The van der Waals surface area contributed by atoms with Crippen molar-refractivity contribution >= 4 is 22.7 Å². The normalized spacial score (nSPS) is 15.2. The summed E-state index contributed by atoms with van der Waals surface area (Å²) < 4.78 is 1.41. The van der Waals surface area contributed by atoms with E-state index in [9.17, 15) is 9.59 Å². The quantitative estimate of drug-likeness (QED) is 0.623. The minimum absolute atomic E-state index is 0.0994. The highest BCUT2D eigenvalue weighted by molar-refractivity contribution is 6.06. The highest BCUT2D eigenvalue weighted by Gasteiger charge is 2.28. The van der Waals surface area contributed by atoms with E-state index in [-0.39, 0.29) is 18.4 Å². The summed E-state index contributed by atoms with van der Waals surface area (Å²) >= 11 is 0. The highest BCUT2D eigenvalue weighted by atomic mass is 16.2. The number of benzene rings is 1. The van der Waals surface area contributed by atoms with Gasteiger partial charge in [-0.25, -0.2) is 4.98 Å². The summed E-state index contributed by atoms with van der Waals surface area (Å²) in [6, 6.07) is 9.52. The van der Waals surface area contributed by atoms with Gasteiger partial charge in [-0.2, -0.15) is 0 Å². The summed E-state index contributed by atoms with van der Waals surface area (Å²) in [7, 11) is 1.63. The summed E-state index contributed by atoms with van der Waals surface area (Å²) in [6.45, 7) is 0.0994. The van der Waals surface area contributed by atoms with Gasteiger partial charge in [0.1, 0.15) is 12.2 Å². The molecule has 3 aliphatic rings. The van der Waals surface area contributed by atoms with Crippen LogP contribution in [0.2, 0.25) is 0 Å². The number of carbonyl (C=O) groups is 2. The number of fused-ring (bicyclic) bond motifs is 4. The minimum Gasteiger partial charge on any atom is -0.331 e. The van der Waals surface area contributed by atoms with E-state index < -0.39 is 0 Å². The molecule has 1 amide bonds. The van der Waals surface area contributed by atoms with E-state index >= 15 is 0 Å². The first-order chi connectivity index (χ1) is 9.65. The molecule has 3 aliphatic heterocycles. The van der Waals surface area contributed by atoms with E-state index in [1.165, 1.54) is 9.47 Å². The lowest BCUT2D eigenvalue weighted by atomic mass is 10.1. The van der Waals surface area contributed by atoms with Gasteiger partial charge in [-0.05, 0) is 12.1 Å². The van der Waals surface area contributed by atoms with E-state index in [1.807, 2.05) is 24.3 Å². The SMILES string of the molecule is CN1CC(=O)n2cc3nc4ccccc4c-3cc2C1=O. The molecule has 0 aliphatic carbocycles. The summed E-state index contributed by atoms with van der Waals surface area (Å²) in [6.07, 6.45) is 1.66. The standard InChI is InChI=1S/C15H11N3O2/c1-17-8-14(19)18-7-12-10(6-13(18)15(17)20)9-4-2-3-5-11(9)16-12/h2-7H,8H2,1H3. The molecule has 3 heterocycles. The number of pyridine rings is 1. The molecule has 0 N–H and O–H groups in total. The number of para-hydroxylation sites is 1. The Hall–Kier alpha value is -2.69. The molecule has 0 unspecified atom stereocenters. The fourth-order valence-corrected chi connectivity index (χ4v) is 2.69. The zero-order valence-corrected chi connectivity index (χ0v) is 10.8. The zero-order chi connectivity index (χ0) is 13.9. The molecule has 1 aromatic carbocycles. The third kappa shape index (κ3) is 1.34. The first kappa shape index (κ1) is 11.2. The molecule has 0 atom stereocenters. The Morgan fingerprint density at radius 2 is 2.00 bits per heavy atom. The third-order valence-corrected chi connectivity index (χ3v) is 3.71. The number of aromatic nitrogens is 2. The molecular formula is C15H11N3O2. The van der Waals surface area contributed by atoms with Crippen molar-refractivity contribution in [1.82, 2.24) is 14.5 Å². The van der Waals surface area contributed by atoms with E-state index in [4.69, 9.17) is 0 Å². The maximum Gasteiger partial charge on any atom is 0.271 e. The first-order valence-corrected chi connectivity index (χ1v) is 6.34. The lowest BCUT2D eigenvalue weighted by molar-refractivity contribution is 0.0655. The van der Waals surface area contributed by atoms with Crippen molar-refractivity contribution in [3.8, 4) is 11.3 Å². The Bertz CT molecular complexity index is 850. The van der Waals surface area contributed by atoms with Crippen LogP contribution in [0.4, 0.5) is 0 Å². The minimum atomic E-state index is -0.142. The maximum atomic E-state index is 12.2. The summed E-state index contributed by atoms with van der Waals surface area (Å²) in [5.74, 6) is -0.257. The van der Waals surface area contributed by atoms with Gasteiger partial charge in [0, 0.05) is 24.2 Å². The van der Waals surface area contributed by atoms with Crippen LogP contribution in [0.5, 0.6) is 0 Å². The molecule has 1 aromatic rings. The number of rotatable bonds is 0. The molecule has 5 nitrogen and oxygen atoms in total. The maximum absolute atomic E-state index is 12.2.